The first-order chi connectivity index (χ1) is 25.6. The Morgan fingerprint density at radius 2 is 1.74 bits per heavy atom. The molecule has 0 spiro atoms. The molecule has 0 aliphatic carbocycles. The van der Waals surface area contributed by atoms with Gasteiger partial charge < -0.3 is 29.9 Å². The number of nitrogens with one attached hydrogen (secondary N) is 2. The molecule has 4 amide bonds. The van der Waals surface area contributed by atoms with Crippen molar-refractivity contribution in [1.82, 2.24) is 20.4 Å². The van der Waals surface area contributed by atoms with Crippen LogP contribution in [0, 0.1) is 36.0 Å². The van der Waals surface area contributed by atoms with Crippen LogP contribution in [0.1, 0.15) is 93.9 Å². The monoisotopic (exact) mass is 771 g/mol. The Kier molecular flexibility index (Phi) is 22.4. The highest BCUT2D eigenvalue weighted by molar-refractivity contribution is 8.13. The van der Waals surface area contributed by atoms with Gasteiger partial charge in [-0.1, -0.05) is 79.5 Å². The number of carbonyl (C=O) groups excluding carboxylic acids is 4. The maximum Gasteiger partial charge on any atom is 0.245 e. The maximum atomic E-state index is 14.2. The summed E-state index contributed by atoms with van der Waals surface area (Å²) < 4.78 is 12.0. The molecule has 8 atom stereocenters. The quantitative estimate of drug-likeness (QED) is 0.0598. The number of carbonyl (C=O) groups is 4. The van der Waals surface area contributed by atoms with Gasteiger partial charge in [0.25, 0.3) is 0 Å². The first kappa shape index (κ1) is 48.6. The van der Waals surface area contributed by atoms with Gasteiger partial charge in [0, 0.05) is 40.4 Å². The van der Waals surface area contributed by atoms with E-state index in [0.717, 1.165) is 18.4 Å². The minimum Gasteiger partial charge on any atom is -0.379 e. The summed E-state index contributed by atoms with van der Waals surface area (Å²) >= 11 is 1.43. The minimum absolute atomic E-state index is 0.00503. The highest BCUT2D eigenvalue weighted by Gasteiger charge is 2.43. The summed E-state index contributed by atoms with van der Waals surface area (Å²) in [5.41, 5.74) is 0.943. The van der Waals surface area contributed by atoms with E-state index in [9.17, 15) is 19.2 Å². The van der Waals surface area contributed by atoms with Crippen LogP contribution in [0.15, 0.2) is 41.6 Å². The van der Waals surface area contributed by atoms with Gasteiger partial charge in [-0.3, -0.25) is 24.2 Å². The fraction of sp³-hybridized carbons (Fsp3) is 0.690. The highest BCUT2D eigenvalue weighted by Crippen LogP contribution is 2.30. The molecule has 11 nitrogen and oxygen atoms in total. The van der Waals surface area contributed by atoms with E-state index in [1.807, 2.05) is 78.7 Å². The second kappa shape index (κ2) is 24.9. The van der Waals surface area contributed by atoms with Gasteiger partial charge >= 0.3 is 0 Å². The molecule has 0 aromatic carbocycles. The molecule has 1 heterocycles. The summed E-state index contributed by atoms with van der Waals surface area (Å²) in [6.07, 6.45) is 16.1. The second-order valence-electron chi connectivity index (χ2n) is 15.0. The first-order valence-electron chi connectivity index (χ1n) is 19.3. The van der Waals surface area contributed by atoms with Crippen molar-refractivity contribution in [2.45, 2.75) is 130 Å². The van der Waals surface area contributed by atoms with Crippen LogP contribution in [0.4, 0.5) is 0 Å². The number of aliphatic imine (C=N–C) groups is 1. The number of amides is 4. The number of thioether (sulfide) groups is 1. The molecular weight excluding hydrogens is 703 g/mol. The van der Waals surface area contributed by atoms with Crippen LogP contribution in [0.2, 0.25) is 0 Å². The number of likely N-dealkylation sites (N-methyl/N-ethyl adjacent to an activating group) is 1. The number of methoxy groups -OCH3 is 2. The molecule has 0 bridgehead atoms. The van der Waals surface area contributed by atoms with Crippen LogP contribution < -0.4 is 10.6 Å². The van der Waals surface area contributed by atoms with Crippen LogP contribution in [0.3, 0.4) is 0 Å². The zero-order chi connectivity index (χ0) is 41.1. The number of allylic oxidation sites excluding steroid dienone is 3. The second-order valence-corrected chi connectivity index (χ2v) is 15.8. The van der Waals surface area contributed by atoms with Crippen LogP contribution in [0.5, 0.6) is 0 Å². The van der Waals surface area contributed by atoms with Crippen LogP contribution in [0.25, 0.3) is 0 Å². The SMILES string of the molecule is C#C/C=C\C(=C/C)CC(NC(=O)[C@H](C)[C@@H](OC)[C@@H]1CCCN1C(=O)C[C@@H](OC)[C@H]([C@@H](C)CC)N(C)C(=O)[C@@H](NC(=O)CC(C)C)C(C)C)C(=NC=C)SC. The molecule has 304 valence electrons. The Morgan fingerprint density at radius 3 is 2.24 bits per heavy atom. The average molecular weight is 772 g/mol. The summed E-state index contributed by atoms with van der Waals surface area (Å²) in [6, 6.07) is -1.91. The van der Waals surface area contributed by atoms with Crippen molar-refractivity contribution in [2.24, 2.45) is 28.7 Å². The van der Waals surface area contributed by atoms with E-state index < -0.39 is 36.3 Å². The largest absolute Gasteiger partial charge is 0.379 e. The van der Waals surface area contributed by atoms with Crippen molar-refractivity contribution in [3.63, 3.8) is 0 Å². The number of hydrogen-bond acceptors (Lipinski definition) is 8. The molecule has 0 saturated carbocycles. The lowest BCUT2D eigenvalue weighted by Crippen LogP contribution is -2.58. The van der Waals surface area contributed by atoms with E-state index in [1.165, 1.54) is 18.0 Å². The molecule has 1 fully saturated rings. The molecule has 1 aliphatic heterocycles. The van der Waals surface area contributed by atoms with Crippen molar-refractivity contribution in [3.8, 4) is 12.3 Å². The Morgan fingerprint density at radius 1 is 1.07 bits per heavy atom. The van der Waals surface area contributed by atoms with Gasteiger partial charge in [0.05, 0.1) is 47.7 Å². The summed E-state index contributed by atoms with van der Waals surface area (Å²) in [4.78, 5) is 62.8. The average Bonchev–Trinajstić information content (AvgIpc) is 3.62. The van der Waals surface area contributed by atoms with Crippen molar-refractivity contribution in [2.75, 3.05) is 34.1 Å². The van der Waals surface area contributed by atoms with Crippen LogP contribution >= 0.6 is 11.8 Å². The lowest BCUT2D eigenvalue weighted by molar-refractivity contribution is -0.147. The molecule has 1 unspecified atom stereocenters. The standard InChI is InChI=1S/C42H69N5O6S/c1-15-19-21-31(17-3)25-32(41(54-14)43-18-4)44-40(50)30(10)39(53-13)33-22-20-23-47(33)36(49)26-34(52-12)38(29(9)16-2)46(11)42(51)37(28(7)8)45-35(48)24-27(5)6/h1,17-19,21,27-30,32-34,37-39H,4,16,20,22-26H2,2-3,5-14H3,(H,44,50)(H,45,48)/b21-19-,31-17+,43-41?/t29-,30+,32?,33-,34+,37-,38-,39+/m0/s1. The number of hydrogen-bond donors (Lipinski definition) is 2. The van der Waals surface area contributed by atoms with Gasteiger partial charge in [-0.25, -0.2) is 0 Å². The van der Waals surface area contributed by atoms with Crippen molar-refractivity contribution in [1.29, 1.82) is 0 Å². The molecule has 2 N–H and O–H groups in total. The molecule has 12 heteroatoms. The van der Waals surface area contributed by atoms with E-state index in [0.29, 0.717) is 30.9 Å². The number of ether oxygens (including phenoxy) is 2. The molecule has 0 radical (unpaired) electrons. The predicted octanol–water partition coefficient (Wildman–Crippen LogP) is 6.01. The van der Waals surface area contributed by atoms with Gasteiger partial charge in [0.1, 0.15) is 6.04 Å². The third kappa shape index (κ3) is 14.3. The Bertz CT molecular complexity index is 1370. The molecule has 0 aromatic rings. The van der Waals surface area contributed by atoms with Crippen molar-refractivity contribution in [3.05, 3.63) is 36.6 Å². The molecule has 1 rings (SSSR count). The summed E-state index contributed by atoms with van der Waals surface area (Å²) in [7, 11) is 4.88. The first-order valence-corrected chi connectivity index (χ1v) is 20.5. The number of terminal acetylenes is 1. The fourth-order valence-corrected chi connectivity index (χ4v) is 7.80. The lowest BCUT2D eigenvalue weighted by Gasteiger charge is -2.41. The van der Waals surface area contributed by atoms with Gasteiger partial charge in [-0.05, 0) is 61.8 Å². The van der Waals surface area contributed by atoms with Crippen LogP contribution in [-0.4, -0.2) is 109 Å². The smallest absolute Gasteiger partial charge is 0.245 e. The zero-order valence-electron chi connectivity index (χ0n) is 35.0. The zero-order valence-corrected chi connectivity index (χ0v) is 35.8. The van der Waals surface area contributed by atoms with Crippen molar-refractivity contribution >= 4 is 40.4 Å². The Balaban J connectivity index is 3.33. The topological polar surface area (TPSA) is 130 Å². The number of rotatable bonds is 22. The normalized spacial score (nSPS) is 19.1. The summed E-state index contributed by atoms with van der Waals surface area (Å²) in [6.45, 7) is 19.9. The molecular formula is C42H69N5O6S. The van der Waals surface area contributed by atoms with Crippen LogP contribution in [-0.2, 0) is 28.7 Å². The predicted molar refractivity (Wildman–Crippen MR) is 222 cm³/mol. The van der Waals surface area contributed by atoms with Crippen molar-refractivity contribution < 1.29 is 28.7 Å². The van der Waals surface area contributed by atoms with Gasteiger partial charge in [0.15, 0.2) is 0 Å². The third-order valence-corrected chi connectivity index (χ3v) is 11.2. The Labute approximate surface area is 330 Å². The van der Waals surface area contributed by atoms with E-state index in [2.05, 4.69) is 28.1 Å². The van der Waals surface area contributed by atoms with Gasteiger partial charge in [-0.2, -0.15) is 0 Å². The fourth-order valence-electron chi connectivity index (χ4n) is 7.19. The summed E-state index contributed by atoms with van der Waals surface area (Å²) in [5, 5.41) is 6.84. The molecule has 54 heavy (non-hydrogen) atoms. The van der Waals surface area contributed by atoms with E-state index in [1.54, 1.807) is 32.2 Å². The Hall–Kier alpha value is -3.40. The third-order valence-electron chi connectivity index (χ3n) is 10.3. The number of nitrogens with zero attached hydrogens (tertiary/aromatic N) is 3. The van der Waals surface area contributed by atoms with Gasteiger partial charge in [-0.15, -0.1) is 18.2 Å². The maximum absolute atomic E-state index is 14.2. The van der Waals surface area contributed by atoms with E-state index in [4.69, 9.17) is 15.9 Å². The lowest BCUT2D eigenvalue weighted by atomic mass is 9.89. The molecule has 1 saturated heterocycles. The van der Waals surface area contributed by atoms with Gasteiger partial charge in [0.2, 0.25) is 23.6 Å². The molecule has 0 aromatic heterocycles. The summed E-state index contributed by atoms with van der Waals surface area (Å²) in [5.74, 6) is 1.20. The minimum atomic E-state index is -0.710. The number of likely N-dealkylation sites (tertiary alicyclic amines) is 1. The van der Waals surface area contributed by atoms with E-state index >= 15 is 0 Å². The van der Waals surface area contributed by atoms with E-state index in [-0.39, 0.29) is 53.8 Å². The molecule has 1 aliphatic rings. The highest BCUT2D eigenvalue weighted by atomic mass is 32.2.